The molecule has 0 fully saturated rings. The molecule has 0 radical (unpaired) electrons. The summed E-state index contributed by atoms with van der Waals surface area (Å²) in [6.45, 7) is 14.7. The number of nitrogens with one attached hydrogen (secondary N) is 2. The quantitative estimate of drug-likeness (QED) is 0.269. The van der Waals surface area contributed by atoms with Crippen LogP contribution in [0.3, 0.4) is 0 Å². The Morgan fingerprint density at radius 2 is 1.82 bits per heavy atom. The molecule has 2 aromatic carbocycles. The molecule has 0 spiro atoms. The first kappa shape index (κ1) is 31.5. The van der Waals surface area contributed by atoms with E-state index in [9.17, 15) is 14.4 Å². The molecule has 2 rings (SSSR count). The van der Waals surface area contributed by atoms with E-state index in [-0.39, 0.29) is 12.5 Å². The first-order valence-corrected chi connectivity index (χ1v) is 13.2. The Bertz CT molecular complexity index is 1220. The van der Waals surface area contributed by atoms with E-state index in [4.69, 9.17) is 22.8 Å². The van der Waals surface area contributed by atoms with Crippen molar-refractivity contribution in [2.75, 3.05) is 11.9 Å². The van der Waals surface area contributed by atoms with Crippen LogP contribution >= 0.6 is 11.6 Å². The van der Waals surface area contributed by atoms with Crippen LogP contribution in [0.4, 0.5) is 10.5 Å². The summed E-state index contributed by atoms with van der Waals surface area (Å²) in [6, 6.07) is 10.1. The molecule has 0 aliphatic carbocycles. The van der Waals surface area contributed by atoms with Crippen molar-refractivity contribution in [1.82, 2.24) is 10.2 Å². The standard InChI is InChI=1S/C31H38ClN3O4/c1-9-18-35(29(37)25(19-20(3)4)33-30(38)39-31(6,7)8)27(23-16-12-11-15-22(23)10-2)28(36)34-26-21(5)14-13-17-24(26)32/h2,9,11-17,20,25,27H,1,18-19H2,3-8H3,(H,33,38)(H,34,36). The highest BCUT2D eigenvalue weighted by Gasteiger charge is 2.37. The van der Waals surface area contributed by atoms with E-state index in [1.807, 2.05) is 26.8 Å². The van der Waals surface area contributed by atoms with Gasteiger partial charge in [-0.15, -0.1) is 13.0 Å². The van der Waals surface area contributed by atoms with Gasteiger partial charge in [-0.3, -0.25) is 9.59 Å². The lowest BCUT2D eigenvalue weighted by Gasteiger charge is -2.34. The van der Waals surface area contributed by atoms with E-state index in [1.165, 1.54) is 11.0 Å². The normalized spacial score (nSPS) is 12.6. The monoisotopic (exact) mass is 551 g/mol. The summed E-state index contributed by atoms with van der Waals surface area (Å²) in [6.07, 6.45) is 6.91. The third-order valence-corrected chi connectivity index (χ3v) is 6.06. The lowest BCUT2D eigenvalue weighted by Crippen LogP contribution is -2.53. The van der Waals surface area contributed by atoms with Crippen LogP contribution in [0, 0.1) is 25.2 Å². The molecular weight excluding hydrogens is 514 g/mol. The number of terminal acetylenes is 1. The molecule has 2 unspecified atom stereocenters. The Morgan fingerprint density at radius 3 is 2.38 bits per heavy atom. The smallest absolute Gasteiger partial charge is 0.408 e. The molecule has 2 atom stereocenters. The lowest BCUT2D eigenvalue weighted by atomic mass is 9.96. The first-order chi connectivity index (χ1) is 18.3. The molecule has 0 aromatic heterocycles. The summed E-state index contributed by atoms with van der Waals surface area (Å²) in [5.74, 6) is 1.68. The highest BCUT2D eigenvalue weighted by molar-refractivity contribution is 6.34. The largest absolute Gasteiger partial charge is 0.444 e. The minimum Gasteiger partial charge on any atom is -0.444 e. The Morgan fingerprint density at radius 1 is 1.15 bits per heavy atom. The van der Waals surface area contributed by atoms with Gasteiger partial charge in [-0.05, 0) is 63.3 Å². The fourth-order valence-electron chi connectivity index (χ4n) is 4.10. The van der Waals surface area contributed by atoms with Gasteiger partial charge in [-0.2, -0.15) is 0 Å². The fourth-order valence-corrected chi connectivity index (χ4v) is 4.37. The summed E-state index contributed by atoms with van der Waals surface area (Å²) in [7, 11) is 0. The number of para-hydroxylation sites is 1. The number of alkyl carbamates (subject to hydrolysis) is 1. The van der Waals surface area contributed by atoms with Crippen LogP contribution in [-0.4, -0.2) is 41.0 Å². The topological polar surface area (TPSA) is 87.7 Å². The van der Waals surface area contributed by atoms with Gasteiger partial charge in [0.2, 0.25) is 5.91 Å². The molecule has 3 amide bonds. The van der Waals surface area contributed by atoms with Gasteiger partial charge < -0.3 is 20.3 Å². The van der Waals surface area contributed by atoms with E-state index in [0.29, 0.717) is 28.3 Å². The van der Waals surface area contributed by atoms with E-state index in [0.717, 1.165) is 5.56 Å². The van der Waals surface area contributed by atoms with E-state index in [2.05, 4.69) is 23.1 Å². The summed E-state index contributed by atoms with van der Waals surface area (Å²) in [5.41, 5.74) is 1.35. The van der Waals surface area contributed by atoms with Crippen molar-refractivity contribution in [3.8, 4) is 12.3 Å². The second kappa shape index (κ2) is 13.9. The number of carbonyl (C=O) groups excluding carboxylic acids is 3. The van der Waals surface area contributed by atoms with Gasteiger partial charge in [0.05, 0.1) is 10.7 Å². The molecule has 0 aliphatic heterocycles. The average Bonchev–Trinajstić information content (AvgIpc) is 2.84. The zero-order valence-electron chi connectivity index (χ0n) is 23.5. The maximum Gasteiger partial charge on any atom is 0.408 e. The van der Waals surface area contributed by atoms with E-state index < -0.39 is 35.6 Å². The van der Waals surface area contributed by atoms with Gasteiger partial charge in [-0.25, -0.2) is 4.79 Å². The van der Waals surface area contributed by atoms with Crippen molar-refractivity contribution in [3.05, 3.63) is 76.8 Å². The van der Waals surface area contributed by atoms with Crippen LogP contribution in [-0.2, 0) is 14.3 Å². The molecule has 0 aliphatic rings. The van der Waals surface area contributed by atoms with Crippen molar-refractivity contribution in [1.29, 1.82) is 0 Å². The number of rotatable bonds is 10. The SMILES string of the molecule is C#Cc1ccccc1C(C(=O)Nc1c(C)cccc1Cl)N(CC=C)C(=O)C(CC(C)C)NC(=O)OC(C)(C)C. The number of hydrogen-bond donors (Lipinski definition) is 2. The summed E-state index contributed by atoms with van der Waals surface area (Å²) in [5, 5.41) is 5.96. The van der Waals surface area contributed by atoms with Crippen LogP contribution in [0.25, 0.3) is 0 Å². The zero-order chi connectivity index (χ0) is 29.3. The molecule has 0 heterocycles. The van der Waals surface area contributed by atoms with E-state index in [1.54, 1.807) is 57.2 Å². The Labute approximate surface area is 236 Å². The minimum atomic E-state index is -1.14. The molecule has 2 aromatic rings. The zero-order valence-corrected chi connectivity index (χ0v) is 24.3. The summed E-state index contributed by atoms with van der Waals surface area (Å²) < 4.78 is 5.41. The van der Waals surface area contributed by atoms with Gasteiger partial charge in [0.25, 0.3) is 5.91 Å². The third-order valence-electron chi connectivity index (χ3n) is 5.75. The molecule has 0 saturated heterocycles. The number of amides is 3. The molecule has 208 valence electrons. The molecular formula is C31H38ClN3O4. The van der Waals surface area contributed by atoms with Crippen LogP contribution in [0.2, 0.25) is 5.02 Å². The number of carbonyl (C=O) groups is 3. The number of anilines is 1. The fraction of sp³-hybridized carbons (Fsp3) is 0.387. The van der Waals surface area contributed by atoms with Gasteiger partial charge in [0, 0.05) is 12.1 Å². The van der Waals surface area contributed by atoms with Crippen molar-refractivity contribution >= 4 is 35.2 Å². The number of aryl methyl sites for hydroxylation is 1. The molecule has 7 nitrogen and oxygen atoms in total. The summed E-state index contributed by atoms with van der Waals surface area (Å²) in [4.78, 5) is 42.2. The molecule has 0 bridgehead atoms. The van der Waals surface area contributed by atoms with Crippen LogP contribution in [0.1, 0.15) is 63.8 Å². The summed E-state index contributed by atoms with van der Waals surface area (Å²) >= 11 is 6.40. The van der Waals surface area contributed by atoms with Gasteiger partial charge in [-0.1, -0.05) is 67.8 Å². The Balaban J connectivity index is 2.61. The van der Waals surface area contributed by atoms with Crippen LogP contribution < -0.4 is 10.6 Å². The van der Waals surface area contributed by atoms with Crippen LogP contribution in [0.15, 0.2) is 55.1 Å². The van der Waals surface area contributed by atoms with Gasteiger partial charge in [0.1, 0.15) is 17.7 Å². The Hall–Kier alpha value is -3.76. The Kier molecular flexibility index (Phi) is 11.2. The van der Waals surface area contributed by atoms with E-state index >= 15 is 0 Å². The second-order valence-electron chi connectivity index (χ2n) is 10.7. The van der Waals surface area contributed by atoms with Crippen molar-refractivity contribution in [2.24, 2.45) is 5.92 Å². The molecule has 0 saturated carbocycles. The average molecular weight is 552 g/mol. The predicted octanol–water partition coefficient (Wildman–Crippen LogP) is 6.26. The van der Waals surface area contributed by atoms with Crippen molar-refractivity contribution in [3.63, 3.8) is 0 Å². The minimum absolute atomic E-state index is 0.0158. The van der Waals surface area contributed by atoms with Gasteiger partial charge in [0.15, 0.2) is 0 Å². The molecule has 2 N–H and O–H groups in total. The number of nitrogens with zero attached hydrogens (tertiary/aromatic N) is 1. The van der Waals surface area contributed by atoms with Crippen LogP contribution in [0.5, 0.6) is 0 Å². The maximum absolute atomic E-state index is 14.1. The van der Waals surface area contributed by atoms with Gasteiger partial charge >= 0.3 is 6.09 Å². The lowest BCUT2D eigenvalue weighted by molar-refractivity contribution is -0.140. The number of ether oxygens (including phenoxy) is 1. The molecule has 39 heavy (non-hydrogen) atoms. The highest BCUT2D eigenvalue weighted by Crippen LogP contribution is 2.31. The highest BCUT2D eigenvalue weighted by atomic mass is 35.5. The second-order valence-corrected chi connectivity index (χ2v) is 11.1. The number of hydrogen-bond acceptors (Lipinski definition) is 4. The predicted molar refractivity (Wildman–Crippen MR) is 156 cm³/mol. The number of benzene rings is 2. The number of halogens is 1. The third kappa shape index (κ3) is 8.90. The molecule has 8 heteroatoms. The maximum atomic E-state index is 14.1. The first-order valence-electron chi connectivity index (χ1n) is 12.8. The van der Waals surface area contributed by atoms with Crippen molar-refractivity contribution in [2.45, 2.75) is 65.6 Å². The van der Waals surface area contributed by atoms with Crippen molar-refractivity contribution < 1.29 is 19.1 Å².